The number of benzene rings is 1. The molecule has 1 aromatic heterocycles. The minimum Gasteiger partial charge on any atom is -0.376 e. The second kappa shape index (κ2) is 7.17. The van der Waals surface area contributed by atoms with Crippen molar-refractivity contribution in [3.63, 3.8) is 0 Å². The van der Waals surface area contributed by atoms with Gasteiger partial charge in [-0.3, -0.25) is 4.68 Å². The summed E-state index contributed by atoms with van der Waals surface area (Å²) < 4.78 is 97.9. The number of hydrogen-bond donors (Lipinski definition) is 1. The summed E-state index contributed by atoms with van der Waals surface area (Å²) in [5.41, 5.74) is -0.779. The first-order valence-electron chi connectivity index (χ1n) is 7.78. The van der Waals surface area contributed by atoms with E-state index in [0.717, 1.165) is 10.7 Å². The molecule has 1 aromatic carbocycles. The predicted molar refractivity (Wildman–Crippen MR) is 82.1 cm³/mol. The van der Waals surface area contributed by atoms with Gasteiger partial charge in [-0.2, -0.15) is 18.3 Å². The Morgan fingerprint density at radius 3 is 2.63 bits per heavy atom. The van der Waals surface area contributed by atoms with Crippen LogP contribution in [0.3, 0.4) is 0 Å². The van der Waals surface area contributed by atoms with Crippen molar-refractivity contribution >= 4 is 10.0 Å². The number of halogens is 5. The number of nitrogens with zero attached hydrogens (tertiary/aromatic N) is 2. The van der Waals surface area contributed by atoms with Gasteiger partial charge in [0.15, 0.2) is 17.3 Å². The van der Waals surface area contributed by atoms with E-state index in [9.17, 15) is 30.4 Å². The highest BCUT2D eigenvalue weighted by atomic mass is 32.2. The second-order valence-electron chi connectivity index (χ2n) is 5.77. The molecule has 0 fully saturated rings. The Labute approximate surface area is 151 Å². The summed E-state index contributed by atoms with van der Waals surface area (Å²) in [5.74, 6) is -2.52. The van der Waals surface area contributed by atoms with Gasteiger partial charge in [-0.15, -0.1) is 0 Å². The smallest absolute Gasteiger partial charge is 0.376 e. The minimum atomic E-state index is -4.65. The van der Waals surface area contributed by atoms with Crippen molar-refractivity contribution in [1.82, 2.24) is 14.5 Å². The lowest BCUT2D eigenvalue weighted by Gasteiger charge is -2.15. The molecule has 1 N–H and O–H groups in total. The van der Waals surface area contributed by atoms with Crippen LogP contribution in [0.2, 0.25) is 0 Å². The highest BCUT2D eigenvalue weighted by Gasteiger charge is 2.39. The van der Waals surface area contributed by atoms with E-state index < -0.39 is 38.4 Å². The van der Waals surface area contributed by atoms with Crippen LogP contribution in [0.25, 0.3) is 0 Å². The standard InChI is InChI=1S/C15H14F5N3O3S/c16-11-2-1-9(7-12(11)17)27(24,25)21-4-5-23-13-3-6-26-8-10(13)14(22-23)15(18,19)20/h1-2,7,21H,3-6,8H2. The van der Waals surface area contributed by atoms with Crippen LogP contribution in [-0.4, -0.2) is 31.3 Å². The van der Waals surface area contributed by atoms with Crippen molar-refractivity contribution in [2.45, 2.75) is 30.6 Å². The first-order valence-corrected chi connectivity index (χ1v) is 9.26. The summed E-state index contributed by atoms with van der Waals surface area (Å²) >= 11 is 0. The molecule has 0 saturated heterocycles. The normalized spacial score (nSPS) is 15.0. The van der Waals surface area contributed by atoms with Gasteiger partial charge in [0.05, 0.1) is 24.7 Å². The zero-order chi connectivity index (χ0) is 19.8. The molecule has 1 aliphatic rings. The first-order chi connectivity index (χ1) is 12.6. The number of hydrogen-bond acceptors (Lipinski definition) is 4. The molecule has 6 nitrogen and oxygen atoms in total. The van der Waals surface area contributed by atoms with Crippen LogP contribution in [0.5, 0.6) is 0 Å². The van der Waals surface area contributed by atoms with Crippen LogP contribution < -0.4 is 4.72 Å². The Hall–Kier alpha value is -2.05. The summed E-state index contributed by atoms with van der Waals surface area (Å²) in [4.78, 5) is -0.492. The molecule has 148 valence electrons. The van der Waals surface area contributed by atoms with Crippen molar-refractivity contribution in [3.05, 3.63) is 46.8 Å². The van der Waals surface area contributed by atoms with Gasteiger partial charge in [0.1, 0.15) is 0 Å². The van der Waals surface area contributed by atoms with Crippen LogP contribution in [0, 0.1) is 11.6 Å². The molecule has 1 aliphatic heterocycles. The van der Waals surface area contributed by atoms with E-state index in [1.54, 1.807) is 0 Å². The van der Waals surface area contributed by atoms with Crippen LogP contribution >= 0.6 is 0 Å². The fourth-order valence-electron chi connectivity index (χ4n) is 2.73. The van der Waals surface area contributed by atoms with Gasteiger partial charge in [-0.05, 0) is 18.2 Å². The lowest BCUT2D eigenvalue weighted by atomic mass is 10.1. The van der Waals surface area contributed by atoms with Gasteiger partial charge in [0.2, 0.25) is 10.0 Å². The van der Waals surface area contributed by atoms with Crippen LogP contribution in [0.15, 0.2) is 23.1 Å². The van der Waals surface area contributed by atoms with E-state index in [1.165, 1.54) is 0 Å². The Morgan fingerprint density at radius 2 is 1.96 bits per heavy atom. The number of alkyl halides is 3. The minimum absolute atomic E-state index is 0.0581. The molecule has 3 rings (SSSR count). The number of nitrogens with one attached hydrogen (secondary N) is 1. The van der Waals surface area contributed by atoms with Crippen molar-refractivity contribution in [3.8, 4) is 0 Å². The topological polar surface area (TPSA) is 73.2 Å². The lowest BCUT2D eigenvalue weighted by molar-refractivity contribution is -0.142. The molecule has 0 saturated carbocycles. The fraction of sp³-hybridized carbons (Fsp3) is 0.400. The maximum Gasteiger partial charge on any atom is 0.435 e. The van der Waals surface area contributed by atoms with Gasteiger partial charge in [-0.1, -0.05) is 0 Å². The monoisotopic (exact) mass is 411 g/mol. The van der Waals surface area contributed by atoms with Crippen molar-refractivity contribution in [2.75, 3.05) is 13.2 Å². The summed E-state index contributed by atoms with van der Waals surface area (Å²) in [7, 11) is -4.16. The van der Waals surface area contributed by atoms with Gasteiger partial charge in [0.25, 0.3) is 0 Å². The van der Waals surface area contributed by atoms with Crippen LogP contribution in [-0.2, 0) is 40.5 Å². The quantitative estimate of drug-likeness (QED) is 0.766. The summed E-state index contributed by atoms with van der Waals surface area (Å²) in [6.45, 7) is -0.434. The Kier molecular flexibility index (Phi) is 5.23. The van der Waals surface area contributed by atoms with Gasteiger partial charge in [-0.25, -0.2) is 21.9 Å². The van der Waals surface area contributed by atoms with E-state index in [2.05, 4.69) is 9.82 Å². The lowest BCUT2D eigenvalue weighted by Crippen LogP contribution is -2.28. The number of sulfonamides is 1. The van der Waals surface area contributed by atoms with Crippen LogP contribution in [0.1, 0.15) is 17.0 Å². The molecule has 0 radical (unpaired) electrons. The third-order valence-corrected chi connectivity index (χ3v) is 5.44. The molecule has 0 atom stereocenters. The van der Waals surface area contributed by atoms with Crippen molar-refractivity contribution < 1.29 is 35.1 Å². The molecule has 0 aliphatic carbocycles. The molecule has 27 heavy (non-hydrogen) atoms. The van der Waals surface area contributed by atoms with Crippen molar-refractivity contribution in [2.24, 2.45) is 0 Å². The zero-order valence-corrected chi connectivity index (χ0v) is 14.5. The molecule has 0 spiro atoms. The van der Waals surface area contributed by atoms with E-state index in [1.807, 2.05) is 0 Å². The van der Waals surface area contributed by atoms with Crippen LogP contribution in [0.4, 0.5) is 22.0 Å². The largest absolute Gasteiger partial charge is 0.435 e. The average Bonchev–Trinajstić information content (AvgIpc) is 2.96. The van der Waals surface area contributed by atoms with E-state index in [4.69, 9.17) is 4.74 Å². The number of aromatic nitrogens is 2. The zero-order valence-electron chi connectivity index (χ0n) is 13.7. The summed E-state index contributed by atoms with van der Waals surface area (Å²) in [5, 5.41) is 3.55. The molecular formula is C15H14F5N3O3S. The maximum absolute atomic E-state index is 13.2. The third-order valence-electron chi connectivity index (χ3n) is 3.98. The van der Waals surface area contributed by atoms with E-state index >= 15 is 0 Å². The Morgan fingerprint density at radius 1 is 1.22 bits per heavy atom. The van der Waals surface area contributed by atoms with Gasteiger partial charge >= 0.3 is 6.18 Å². The Bertz CT molecular complexity index is 956. The second-order valence-corrected chi connectivity index (χ2v) is 7.54. The number of fused-ring (bicyclic) bond motifs is 1. The average molecular weight is 411 g/mol. The molecule has 0 unspecified atom stereocenters. The molecule has 12 heteroatoms. The molecular weight excluding hydrogens is 397 g/mol. The van der Waals surface area contributed by atoms with E-state index in [0.29, 0.717) is 17.8 Å². The summed E-state index contributed by atoms with van der Waals surface area (Å²) in [6.07, 6.45) is -4.44. The highest BCUT2D eigenvalue weighted by Crippen LogP contribution is 2.34. The SMILES string of the molecule is O=S(=O)(NCCn1nc(C(F)(F)F)c2c1CCOC2)c1ccc(F)c(F)c1. The Balaban J connectivity index is 1.75. The van der Waals surface area contributed by atoms with Crippen molar-refractivity contribution in [1.29, 1.82) is 0 Å². The molecule has 0 bridgehead atoms. The van der Waals surface area contributed by atoms with Gasteiger partial charge < -0.3 is 4.74 Å². The fourth-order valence-corrected chi connectivity index (χ4v) is 3.77. The first kappa shape index (κ1) is 19.7. The number of rotatable bonds is 5. The summed E-state index contributed by atoms with van der Waals surface area (Å²) in [6, 6.07) is 2.07. The number of ether oxygens (including phenoxy) is 1. The highest BCUT2D eigenvalue weighted by molar-refractivity contribution is 7.89. The maximum atomic E-state index is 13.2. The predicted octanol–water partition coefficient (Wildman–Crippen LogP) is 2.23. The third kappa shape index (κ3) is 4.12. The molecule has 0 amide bonds. The van der Waals surface area contributed by atoms with E-state index in [-0.39, 0.29) is 38.3 Å². The van der Waals surface area contributed by atoms with Gasteiger partial charge in [0, 0.05) is 24.2 Å². The molecule has 2 heterocycles. The molecule has 2 aromatic rings.